The lowest BCUT2D eigenvalue weighted by Crippen LogP contribution is -2.54. The van der Waals surface area contributed by atoms with E-state index < -0.39 is 29.4 Å². The number of rotatable bonds is 0. The molecule has 0 saturated heterocycles. The largest absolute Gasteiger partial charge is 0.480 e. The zero-order valence-electron chi connectivity index (χ0n) is 11.1. The van der Waals surface area contributed by atoms with Crippen LogP contribution in [0.1, 0.15) is 34.6 Å². The molecule has 0 bridgehead atoms. The molecule has 3 rings (SSSR count). The van der Waals surface area contributed by atoms with Crippen molar-refractivity contribution >= 4 is 11.6 Å². The van der Waals surface area contributed by atoms with E-state index in [0.29, 0.717) is 0 Å². The van der Waals surface area contributed by atoms with Crippen molar-refractivity contribution in [3.05, 3.63) is 46.7 Å². The van der Waals surface area contributed by atoms with Gasteiger partial charge in [-0.1, -0.05) is 24.3 Å². The smallest absolute Gasteiger partial charge is 0.228 e. The number of carbonyl (C=O) groups excluding carboxylic acids is 2. The molecule has 0 saturated carbocycles. The number of Topliss-reactive ketones (excluding diaryl/α,β-unsaturated/α-hetero) is 2. The Balaban J connectivity index is 2.22. The van der Waals surface area contributed by atoms with E-state index in [9.17, 15) is 19.8 Å². The van der Waals surface area contributed by atoms with Crippen molar-refractivity contribution < 1.29 is 24.5 Å². The minimum Gasteiger partial charge on any atom is -0.480 e. The van der Waals surface area contributed by atoms with Crippen LogP contribution in [0.4, 0.5) is 0 Å². The van der Waals surface area contributed by atoms with E-state index in [4.69, 9.17) is 4.74 Å². The van der Waals surface area contributed by atoms with Crippen molar-refractivity contribution in [1.29, 1.82) is 0 Å². The van der Waals surface area contributed by atoms with E-state index >= 15 is 0 Å². The Labute approximate surface area is 115 Å². The summed E-state index contributed by atoms with van der Waals surface area (Å²) < 4.78 is 5.50. The highest BCUT2D eigenvalue weighted by molar-refractivity contribution is 6.26. The van der Waals surface area contributed by atoms with Crippen LogP contribution in [-0.4, -0.2) is 39.6 Å². The molecule has 2 N–H and O–H groups in total. The highest BCUT2D eigenvalue weighted by atomic mass is 16.5. The third kappa shape index (κ3) is 1.57. The molecule has 5 nitrogen and oxygen atoms in total. The van der Waals surface area contributed by atoms with Gasteiger partial charge in [-0.2, -0.15) is 0 Å². The summed E-state index contributed by atoms with van der Waals surface area (Å²) in [7, 11) is 0. The molecule has 104 valence electrons. The summed E-state index contributed by atoms with van der Waals surface area (Å²) in [6, 6.07) is 6.38. The van der Waals surface area contributed by atoms with Crippen LogP contribution in [0, 0.1) is 0 Å². The molecule has 1 aromatic rings. The van der Waals surface area contributed by atoms with Crippen LogP contribution in [0.25, 0.3) is 0 Å². The molecule has 2 atom stereocenters. The molecule has 1 aliphatic carbocycles. The molecule has 0 aromatic heterocycles. The van der Waals surface area contributed by atoms with Crippen LogP contribution in [0.5, 0.6) is 0 Å². The van der Waals surface area contributed by atoms with Crippen molar-refractivity contribution in [2.24, 2.45) is 0 Å². The Morgan fingerprint density at radius 1 is 1.05 bits per heavy atom. The van der Waals surface area contributed by atoms with Gasteiger partial charge < -0.3 is 14.9 Å². The second-order valence-corrected chi connectivity index (χ2v) is 5.54. The van der Waals surface area contributed by atoms with Gasteiger partial charge in [0.1, 0.15) is 17.8 Å². The monoisotopic (exact) mass is 274 g/mol. The fraction of sp³-hybridized carbons (Fsp3) is 0.333. The number of ether oxygens (including phenoxy) is 1. The number of allylic oxidation sites excluding steroid dienone is 1. The molecule has 5 heteroatoms. The molecule has 0 fully saturated rings. The highest BCUT2D eigenvalue weighted by Crippen LogP contribution is 2.38. The van der Waals surface area contributed by atoms with Crippen molar-refractivity contribution in [2.75, 3.05) is 0 Å². The standard InChI is InChI=1S/C15H14O5/c1-15(2)14(19)12(18)9-10(16)7-5-3-4-6-8(7)11(17)13(9)20-15/h3-6,12,14,18-19H,1-2H3/t12-,14-/m0/s1. The first kappa shape index (κ1) is 13.0. The average molecular weight is 274 g/mol. The van der Waals surface area contributed by atoms with Crippen LogP contribution < -0.4 is 0 Å². The molecule has 1 aromatic carbocycles. The van der Waals surface area contributed by atoms with Crippen molar-refractivity contribution in [3.8, 4) is 0 Å². The Morgan fingerprint density at radius 3 is 2.20 bits per heavy atom. The second-order valence-electron chi connectivity index (χ2n) is 5.54. The van der Waals surface area contributed by atoms with Gasteiger partial charge in [0.25, 0.3) is 0 Å². The number of aliphatic hydroxyl groups excluding tert-OH is 2. The third-order valence-corrected chi connectivity index (χ3v) is 3.78. The number of aliphatic hydroxyl groups is 2. The van der Waals surface area contributed by atoms with E-state index in [2.05, 4.69) is 0 Å². The molecule has 1 heterocycles. The first-order valence-electron chi connectivity index (χ1n) is 6.32. The Morgan fingerprint density at radius 2 is 1.60 bits per heavy atom. The quantitative estimate of drug-likeness (QED) is 0.732. The Kier molecular flexibility index (Phi) is 2.61. The van der Waals surface area contributed by atoms with E-state index in [0.717, 1.165) is 0 Å². The Bertz CT molecular complexity index is 656. The maximum atomic E-state index is 12.4. The molecule has 1 aliphatic heterocycles. The topological polar surface area (TPSA) is 83.8 Å². The average Bonchev–Trinajstić information content (AvgIpc) is 2.42. The van der Waals surface area contributed by atoms with Gasteiger partial charge >= 0.3 is 0 Å². The number of fused-ring (bicyclic) bond motifs is 1. The van der Waals surface area contributed by atoms with E-state index in [-0.39, 0.29) is 22.5 Å². The van der Waals surface area contributed by atoms with Gasteiger partial charge in [0, 0.05) is 11.1 Å². The van der Waals surface area contributed by atoms with E-state index in [1.54, 1.807) is 32.0 Å². The SMILES string of the molecule is CC1(C)OC2=C(C(=O)c3ccccc3C2=O)[C@H](O)[C@@H]1O. The van der Waals surface area contributed by atoms with Gasteiger partial charge in [-0.25, -0.2) is 0 Å². The molecule has 20 heavy (non-hydrogen) atoms. The van der Waals surface area contributed by atoms with E-state index in [1.807, 2.05) is 0 Å². The summed E-state index contributed by atoms with van der Waals surface area (Å²) >= 11 is 0. The summed E-state index contributed by atoms with van der Waals surface area (Å²) in [5.74, 6) is -1.07. The Hall–Kier alpha value is -1.98. The van der Waals surface area contributed by atoms with Crippen LogP contribution in [0.15, 0.2) is 35.6 Å². The molecular weight excluding hydrogens is 260 g/mol. The first-order chi connectivity index (χ1) is 9.34. The van der Waals surface area contributed by atoms with Gasteiger partial charge in [-0.15, -0.1) is 0 Å². The molecule has 0 amide bonds. The molecular formula is C15H14O5. The predicted molar refractivity (Wildman–Crippen MR) is 69.3 cm³/mol. The van der Waals surface area contributed by atoms with Crippen LogP contribution in [-0.2, 0) is 4.74 Å². The predicted octanol–water partition coefficient (Wildman–Crippen LogP) is 0.850. The lowest BCUT2D eigenvalue weighted by molar-refractivity contribution is -0.124. The van der Waals surface area contributed by atoms with Gasteiger partial charge in [-0.3, -0.25) is 9.59 Å². The van der Waals surface area contributed by atoms with Gasteiger partial charge in [-0.05, 0) is 13.8 Å². The number of benzene rings is 1. The minimum absolute atomic E-state index is 0.152. The third-order valence-electron chi connectivity index (χ3n) is 3.78. The number of carbonyl (C=O) groups is 2. The van der Waals surface area contributed by atoms with Gasteiger partial charge in [0.2, 0.25) is 5.78 Å². The van der Waals surface area contributed by atoms with E-state index in [1.165, 1.54) is 6.07 Å². The zero-order valence-corrected chi connectivity index (χ0v) is 11.1. The summed E-state index contributed by atoms with van der Waals surface area (Å²) in [5, 5.41) is 20.2. The molecule has 2 aliphatic rings. The normalized spacial score (nSPS) is 27.8. The number of ketones is 2. The number of hydrogen-bond acceptors (Lipinski definition) is 5. The van der Waals surface area contributed by atoms with Crippen molar-refractivity contribution in [3.63, 3.8) is 0 Å². The molecule has 0 unspecified atom stereocenters. The fourth-order valence-electron chi connectivity index (χ4n) is 2.60. The van der Waals surface area contributed by atoms with Crippen LogP contribution in [0.3, 0.4) is 0 Å². The summed E-state index contributed by atoms with van der Waals surface area (Å²) in [6.07, 6.45) is -2.71. The second kappa shape index (κ2) is 4.01. The van der Waals surface area contributed by atoms with Crippen LogP contribution >= 0.6 is 0 Å². The lowest BCUT2D eigenvalue weighted by Gasteiger charge is -2.41. The van der Waals surface area contributed by atoms with Crippen LogP contribution in [0.2, 0.25) is 0 Å². The summed E-state index contributed by atoms with van der Waals surface area (Å²) in [5.41, 5.74) is -0.803. The first-order valence-corrected chi connectivity index (χ1v) is 6.32. The maximum Gasteiger partial charge on any atom is 0.228 e. The minimum atomic E-state index is -1.43. The number of hydrogen-bond donors (Lipinski definition) is 2. The lowest BCUT2D eigenvalue weighted by atomic mass is 9.79. The molecule has 0 radical (unpaired) electrons. The molecule has 0 spiro atoms. The van der Waals surface area contributed by atoms with Crippen molar-refractivity contribution in [1.82, 2.24) is 0 Å². The highest BCUT2D eigenvalue weighted by Gasteiger charge is 2.49. The maximum absolute atomic E-state index is 12.4. The van der Waals surface area contributed by atoms with Gasteiger partial charge in [0.05, 0.1) is 5.57 Å². The summed E-state index contributed by atoms with van der Waals surface area (Å²) in [6.45, 7) is 3.12. The van der Waals surface area contributed by atoms with Crippen molar-refractivity contribution in [2.45, 2.75) is 31.7 Å². The zero-order chi connectivity index (χ0) is 14.7. The van der Waals surface area contributed by atoms with Gasteiger partial charge in [0.15, 0.2) is 11.5 Å². The fourth-order valence-corrected chi connectivity index (χ4v) is 2.60. The summed E-state index contributed by atoms with van der Waals surface area (Å²) in [4.78, 5) is 24.8.